The normalized spacial score (nSPS) is 10.6. The van der Waals surface area contributed by atoms with Crippen LogP contribution in [0.5, 0.6) is 0 Å². The van der Waals surface area contributed by atoms with Crippen molar-refractivity contribution in [1.82, 2.24) is 19.7 Å². The van der Waals surface area contributed by atoms with Crippen LogP contribution in [0.3, 0.4) is 0 Å². The molecule has 0 spiro atoms. The molecule has 0 unspecified atom stereocenters. The number of aromatic nitrogens is 4. The van der Waals surface area contributed by atoms with E-state index in [-0.39, 0.29) is 5.91 Å². The minimum Gasteiger partial charge on any atom is -0.322 e. The zero-order valence-electron chi connectivity index (χ0n) is 13.6. The van der Waals surface area contributed by atoms with Gasteiger partial charge in [-0.05, 0) is 55.4 Å². The largest absolute Gasteiger partial charge is 0.322 e. The summed E-state index contributed by atoms with van der Waals surface area (Å²) < 4.78 is 1.68. The molecule has 0 saturated carbocycles. The third-order valence-electron chi connectivity index (χ3n) is 3.68. The van der Waals surface area contributed by atoms with Crippen LogP contribution in [0, 0.1) is 13.8 Å². The summed E-state index contributed by atoms with van der Waals surface area (Å²) in [6, 6.07) is 7.63. The van der Waals surface area contributed by atoms with Crippen molar-refractivity contribution in [3.63, 3.8) is 0 Å². The number of hydrogen-bond acceptors (Lipinski definition) is 5. The van der Waals surface area contributed by atoms with Crippen molar-refractivity contribution >= 4 is 23.4 Å². The first-order valence-corrected chi connectivity index (χ1v) is 8.21. The molecule has 0 bridgehead atoms. The van der Waals surface area contributed by atoms with E-state index in [4.69, 9.17) is 0 Å². The van der Waals surface area contributed by atoms with Gasteiger partial charge >= 0.3 is 0 Å². The molecular weight excluding hydrogens is 322 g/mol. The van der Waals surface area contributed by atoms with Gasteiger partial charge in [-0.3, -0.25) is 9.48 Å². The Kier molecular flexibility index (Phi) is 4.61. The van der Waals surface area contributed by atoms with Crippen molar-refractivity contribution in [1.29, 1.82) is 0 Å². The molecule has 0 fully saturated rings. The molecule has 7 heteroatoms. The topological polar surface area (TPSA) is 72.7 Å². The van der Waals surface area contributed by atoms with E-state index >= 15 is 0 Å². The van der Waals surface area contributed by atoms with E-state index in [1.807, 2.05) is 39.1 Å². The number of anilines is 1. The van der Waals surface area contributed by atoms with E-state index in [0.717, 1.165) is 21.8 Å². The predicted octanol–water partition coefficient (Wildman–Crippen LogP) is 3.23. The Labute approximate surface area is 144 Å². The highest BCUT2D eigenvalue weighted by Gasteiger charge is 2.14. The number of rotatable bonds is 4. The van der Waals surface area contributed by atoms with Crippen LogP contribution in [0.1, 0.15) is 21.6 Å². The van der Waals surface area contributed by atoms with Gasteiger partial charge in [0.2, 0.25) is 0 Å². The second-order valence-corrected chi connectivity index (χ2v) is 6.37. The van der Waals surface area contributed by atoms with Crippen LogP contribution in [-0.4, -0.2) is 25.7 Å². The Morgan fingerprint density at radius 2 is 1.96 bits per heavy atom. The monoisotopic (exact) mass is 339 g/mol. The Morgan fingerprint density at radius 1 is 1.21 bits per heavy atom. The van der Waals surface area contributed by atoms with Crippen LogP contribution in [0.25, 0.3) is 0 Å². The quantitative estimate of drug-likeness (QED) is 0.739. The summed E-state index contributed by atoms with van der Waals surface area (Å²) in [7, 11) is 1.81. The first-order valence-electron chi connectivity index (χ1n) is 7.40. The fraction of sp³-hybridized carbons (Fsp3) is 0.176. The van der Waals surface area contributed by atoms with Crippen molar-refractivity contribution in [2.24, 2.45) is 7.05 Å². The summed E-state index contributed by atoms with van der Waals surface area (Å²) in [5, 5.41) is 7.73. The number of carbonyl (C=O) groups is 1. The average molecular weight is 339 g/mol. The maximum Gasteiger partial charge on any atom is 0.259 e. The van der Waals surface area contributed by atoms with Crippen molar-refractivity contribution in [3.8, 4) is 0 Å². The summed E-state index contributed by atoms with van der Waals surface area (Å²) in [5.41, 5.74) is 3.17. The van der Waals surface area contributed by atoms with Gasteiger partial charge in [0.15, 0.2) is 5.16 Å². The predicted molar refractivity (Wildman–Crippen MR) is 93.2 cm³/mol. The first kappa shape index (κ1) is 16.2. The lowest BCUT2D eigenvalue weighted by atomic mass is 10.2. The van der Waals surface area contributed by atoms with Crippen LogP contribution >= 0.6 is 11.8 Å². The minimum absolute atomic E-state index is 0.157. The maximum atomic E-state index is 12.4. The Morgan fingerprint density at radius 3 is 2.58 bits per heavy atom. The second-order valence-electron chi connectivity index (χ2n) is 5.33. The molecule has 0 aliphatic carbocycles. The van der Waals surface area contributed by atoms with Gasteiger partial charge in [-0.1, -0.05) is 0 Å². The molecule has 0 radical (unpaired) electrons. The van der Waals surface area contributed by atoms with E-state index in [0.29, 0.717) is 10.7 Å². The fourth-order valence-corrected chi connectivity index (χ4v) is 3.00. The molecule has 6 nitrogen and oxygen atoms in total. The van der Waals surface area contributed by atoms with E-state index in [1.165, 1.54) is 11.8 Å². The van der Waals surface area contributed by atoms with Gasteiger partial charge in [0.1, 0.15) is 0 Å². The van der Waals surface area contributed by atoms with E-state index < -0.39 is 0 Å². The zero-order valence-corrected chi connectivity index (χ0v) is 14.5. The van der Waals surface area contributed by atoms with Gasteiger partial charge in [-0.25, -0.2) is 9.97 Å². The van der Waals surface area contributed by atoms with Gasteiger partial charge in [0, 0.05) is 35.7 Å². The first-order chi connectivity index (χ1) is 11.5. The summed E-state index contributed by atoms with van der Waals surface area (Å²) in [6.07, 6.45) is 5.01. The third-order valence-corrected chi connectivity index (χ3v) is 4.56. The molecular formula is C17H17N5OS. The van der Waals surface area contributed by atoms with E-state index in [1.54, 1.807) is 29.3 Å². The number of nitrogens with one attached hydrogen (secondary N) is 1. The van der Waals surface area contributed by atoms with Gasteiger partial charge in [-0.2, -0.15) is 5.10 Å². The van der Waals surface area contributed by atoms with Crippen molar-refractivity contribution in [2.75, 3.05) is 5.32 Å². The third kappa shape index (κ3) is 3.46. The summed E-state index contributed by atoms with van der Waals surface area (Å²) in [6.45, 7) is 3.83. The molecule has 122 valence electrons. The molecule has 3 aromatic rings. The number of nitrogens with zero attached hydrogens (tertiary/aromatic N) is 4. The molecule has 0 atom stereocenters. The lowest BCUT2D eigenvalue weighted by Gasteiger charge is -2.10. The van der Waals surface area contributed by atoms with E-state index in [2.05, 4.69) is 20.4 Å². The number of aryl methyl sites for hydroxylation is 2. The molecule has 3 rings (SSSR count). The van der Waals surface area contributed by atoms with Crippen molar-refractivity contribution < 1.29 is 4.79 Å². The van der Waals surface area contributed by atoms with Crippen LogP contribution in [0.4, 0.5) is 5.69 Å². The molecule has 2 heterocycles. The van der Waals surface area contributed by atoms with Gasteiger partial charge in [0.05, 0.1) is 11.8 Å². The number of hydrogen-bond donors (Lipinski definition) is 1. The number of amides is 1. The van der Waals surface area contributed by atoms with Gasteiger partial charge < -0.3 is 5.32 Å². The van der Waals surface area contributed by atoms with Crippen LogP contribution < -0.4 is 5.32 Å². The fourth-order valence-electron chi connectivity index (χ4n) is 2.19. The van der Waals surface area contributed by atoms with Crippen LogP contribution in [-0.2, 0) is 7.05 Å². The standard InChI is InChI=1S/C17H17N5OS/c1-11-9-13(24-17-18-7-4-8-19-17)5-6-15(11)21-16(23)14-10-20-22(3)12(14)2/h4-10H,1-3H3,(H,21,23). The SMILES string of the molecule is Cc1cc(Sc2ncccn2)ccc1NC(=O)c1cnn(C)c1C. The van der Waals surface area contributed by atoms with E-state index in [9.17, 15) is 4.79 Å². The smallest absolute Gasteiger partial charge is 0.259 e. The van der Waals surface area contributed by atoms with Crippen molar-refractivity contribution in [3.05, 3.63) is 59.7 Å². The van der Waals surface area contributed by atoms with Gasteiger partial charge in [0.25, 0.3) is 5.91 Å². The zero-order chi connectivity index (χ0) is 17.1. The highest BCUT2D eigenvalue weighted by atomic mass is 32.2. The highest BCUT2D eigenvalue weighted by Crippen LogP contribution is 2.28. The number of benzene rings is 1. The Bertz CT molecular complexity index is 876. The Balaban J connectivity index is 1.75. The molecule has 24 heavy (non-hydrogen) atoms. The van der Waals surface area contributed by atoms with Crippen molar-refractivity contribution in [2.45, 2.75) is 23.9 Å². The minimum atomic E-state index is -0.157. The van der Waals surface area contributed by atoms with Gasteiger partial charge in [-0.15, -0.1) is 0 Å². The summed E-state index contributed by atoms with van der Waals surface area (Å²) >= 11 is 1.48. The molecule has 0 aliphatic heterocycles. The number of carbonyl (C=O) groups excluding carboxylic acids is 1. The lowest BCUT2D eigenvalue weighted by Crippen LogP contribution is -2.13. The maximum absolute atomic E-state index is 12.4. The summed E-state index contributed by atoms with van der Waals surface area (Å²) in [4.78, 5) is 21.8. The van der Waals surface area contributed by atoms with Crippen LogP contribution in [0.15, 0.2) is 52.9 Å². The second kappa shape index (κ2) is 6.84. The molecule has 1 N–H and O–H groups in total. The summed E-state index contributed by atoms with van der Waals surface area (Å²) in [5.74, 6) is -0.157. The molecule has 2 aromatic heterocycles. The highest BCUT2D eigenvalue weighted by molar-refractivity contribution is 7.99. The lowest BCUT2D eigenvalue weighted by molar-refractivity contribution is 0.102. The average Bonchev–Trinajstić information content (AvgIpc) is 2.90. The molecule has 1 aromatic carbocycles. The Hall–Kier alpha value is -2.67. The molecule has 0 saturated heterocycles. The molecule has 0 aliphatic rings. The van der Waals surface area contributed by atoms with Crippen LogP contribution in [0.2, 0.25) is 0 Å². The molecule has 1 amide bonds.